The van der Waals surface area contributed by atoms with E-state index in [1.165, 1.54) is 110 Å². The van der Waals surface area contributed by atoms with Crippen LogP contribution in [0.5, 0.6) is 0 Å². The van der Waals surface area contributed by atoms with Crippen LogP contribution in [0.15, 0.2) is 315 Å². The van der Waals surface area contributed by atoms with Crippen molar-refractivity contribution >= 4 is 66.3 Å². The van der Waals surface area contributed by atoms with Crippen LogP contribution >= 0.6 is 0 Å². The van der Waals surface area contributed by atoms with Crippen molar-refractivity contribution in [2.75, 3.05) is 9.80 Å². The topological polar surface area (TPSA) is 6.48 Å². The molecule has 0 saturated heterocycles. The molecule has 2 nitrogen and oxygen atoms in total. The summed E-state index contributed by atoms with van der Waals surface area (Å²) in [6.07, 6.45) is 7.32. The summed E-state index contributed by atoms with van der Waals surface area (Å²) in [6, 6.07) is 109. The predicted octanol–water partition coefficient (Wildman–Crippen LogP) is 21.2. The molecule has 13 aromatic rings. The number of fused-ring (bicyclic) bond motifs is 6. The van der Waals surface area contributed by atoms with Gasteiger partial charge in [0.15, 0.2) is 0 Å². The molecular formula is C78H54N2. The highest BCUT2D eigenvalue weighted by Gasteiger charge is 2.39. The summed E-state index contributed by atoms with van der Waals surface area (Å²) >= 11 is 0. The first-order valence-corrected chi connectivity index (χ1v) is 27.8. The largest absolute Gasteiger partial charge is 0.333 e. The molecule has 0 saturated carbocycles. The average molecular weight is 1020 g/mol. The first-order chi connectivity index (χ1) is 39.7. The Morgan fingerprint density at radius 2 is 0.762 bits per heavy atom. The van der Waals surface area contributed by atoms with E-state index < -0.39 is 0 Å². The maximum atomic E-state index is 2.56. The van der Waals surface area contributed by atoms with Crippen molar-refractivity contribution in [2.45, 2.75) is 12.0 Å². The standard InChI is InChI=1S/C78H54N2/c1-4-21-54(22-5-1)65-28-12-14-30-67(65)58-40-48-75-73(51-58)74-52-59(68-31-15-13-29-66(68)55-23-6-2-7-24-55)41-49-76(74)80(75)64-46-44-63(45-47-64)79(61-26-8-3-9-27-61)62-42-38-56(39-43-62)77-69-32-16-18-34-71(69)78(72-35-19-17-33-70(72)77)60-37-36-53-20-10-11-25-57(53)50-60/h1-52,73,75H. The van der Waals surface area contributed by atoms with Crippen LogP contribution in [0.1, 0.15) is 17.0 Å². The van der Waals surface area contributed by atoms with Crippen molar-refractivity contribution < 1.29 is 0 Å². The molecule has 80 heavy (non-hydrogen) atoms. The van der Waals surface area contributed by atoms with Crippen LogP contribution in [-0.4, -0.2) is 6.04 Å². The Bertz CT molecular complexity index is 4460. The lowest BCUT2D eigenvalue weighted by Crippen LogP contribution is -2.29. The minimum Gasteiger partial charge on any atom is -0.333 e. The van der Waals surface area contributed by atoms with E-state index in [4.69, 9.17) is 0 Å². The van der Waals surface area contributed by atoms with E-state index in [2.05, 4.69) is 325 Å². The lowest BCUT2D eigenvalue weighted by Gasteiger charge is -2.31. The number of para-hydroxylation sites is 1. The SMILES string of the molecule is C1=CC2C(C=C1c1ccccc1-c1ccccc1)c1cc(-c3ccccc3-c3ccccc3)ccc1N2c1ccc(N(c2ccccc2)c2ccc(-c3c4ccccc4c(-c4ccc5ccccc5c4)c4ccccc34)cc2)cc1. The predicted molar refractivity (Wildman–Crippen MR) is 339 cm³/mol. The van der Waals surface area contributed by atoms with Crippen molar-refractivity contribution in [3.05, 3.63) is 327 Å². The minimum atomic E-state index is 0.0784. The molecule has 376 valence electrons. The van der Waals surface area contributed by atoms with Crippen molar-refractivity contribution in [3.8, 4) is 55.6 Å². The molecule has 2 aliphatic rings. The second kappa shape index (κ2) is 19.9. The zero-order valence-corrected chi connectivity index (χ0v) is 44.1. The normalized spacial score (nSPS) is 14.5. The molecule has 1 heterocycles. The fourth-order valence-corrected chi connectivity index (χ4v) is 12.9. The highest BCUT2D eigenvalue weighted by molar-refractivity contribution is 6.21. The van der Waals surface area contributed by atoms with Gasteiger partial charge in [-0.15, -0.1) is 0 Å². The highest BCUT2D eigenvalue weighted by atomic mass is 15.2. The van der Waals surface area contributed by atoms with Gasteiger partial charge in [-0.25, -0.2) is 0 Å². The van der Waals surface area contributed by atoms with Crippen LogP contribution in [-0.2, 0) is 0 Å². The molecule has 1 aliphatic heterocycles. The summed E-state index contributed by atoms with van der Waals surface area (Å²) in [5, 5.41) is 7.48. The third-order valence-electron chi connectivity index (χ3n) is 16.6. The molecule has 2 heteroatoms. The van der Waals surface area contributed by atoms with Gasteiger partial charge in [0.2, 0.25) is 0 Å². The first-order valence-electron chi connectivity index (χ1n) is 27.8. The molecule has 1 aliphatic carbocycles. The molecule has 2 atom stereocenters. The molecule has 13 aromatic carbocycles. The van der Waals surface area contributed by atoms with Crippen molar-refractivity contribution in [3.63, 3.8) is 0 Å². The van der Waals surface area contributed by atoms with E-state index in [-0.39, 0.29) is 12.0 Å². The fraction of sp³-hybridized carbons (Fsp3) is 0.0256. The van der Waals surface area contributed by atoms with Gasteiger partial charge >= 0.3 is 0 Å². The number of nitrogens with zero attached hydrogens (tertiary/aromatic N) is 2. The molecule has 0 bridgehead atoms. The van der Waals surface area contributed by atoms with Gasteiger partial charge < -0.3 is 9.80 Å². The smallest absolute Gasteiger partial charge is 0.0630 e. The first kappa shape index (κ1) is 47.0. The second-order valence-corrected chi connectivity index (χ2v) is 21.1. The number of rotatable bonds is 10. The van der Waals surface area contributed by atoms with Crippen LogP contribution in [0.2, 0.25) is 0 Å². The molecule has 0 aromatic heterocycles. The molecule has 0 radical (unpaired) electrons. The van der Waals surface area contributed by atoms with Gasteiger partial charge in [0.25, 0.3) is 0 Å². The average Bonchev–Trinajstić information content (AvgIpc) is 4.08. The zero-order chi connectivity index (χ0) is 52.9. The quantitative estimate of drug-likeness (QED) is 0.126. The van der Waals surface area contributed by atoms with E-state index in [0.717, 1.165) is 22.7 Å². The summed E-state index contributed by atoms with van der Waals surface area (Å²) in [6.45, 7) is 0. The summed E-state index contributed by atoms with van der Waals surface area (Å²) in [5.74, 6) is 0.112. The van der Waals surface area contributed by atoms with Crippen molar-refractivity contribution in [2.24, 2.45) is 0 Å². The number of allylic oxidation sites excluding steroid dienone is 2. The number of hydrogen-bond acceptors (Lipinski definition) is 2. The van der Waals surface area contributed by atoms with Gasteiger partial charge in [-0.3, -0.25) is 0 Å². The number of hydrogen-bond donors (Lipinski definition) is 0. The van der Waals surface area contributed by atoms with Gasteiger partial charge in [-0.2, -0.15) is 0 Å². The second-order valence-electron chi connectivity index (χ2n) is 21.1. The third-order valence-corrected chi connectivity index (χ3v) is 16.6. The lowest BCUT2D eigenvalue weighted by molar-refractivity contribution is 0.747. The third kappa shape index (κ3) is 8.20. The van der Waals surface area contributed by atoms with E-state index in [1.54, 1.807) is 0 Å². The maximum Gasteiger partial charge on any atom is 0.0630 e. The molecular weight excluding hydrogens is 965 g/mol. The molecule has 2 unspecified atom stereocenters. The fourth-order valence-electron chi connectivity index (χ4n) is 12.9. The Kier molecular flexibility index (Phi) is 11.7. The maximum absolute atomic E-state index is 2.56. The van der Waals surface area contributed by atoms with Crippen molar-refractivity contribution in [1.82, 2.24) is 0 Å². The number of benzene rings is 13. The van der Waals surface area contributed by atoms with Gasteiger partial charge in [-0.05, 0) is 171 Å². The monoisotopic (exact) mass is 1020 g/mol. The molecule has 0 fully saturated rings. The van der Waals surface area contributed by atoms with E-state index >= 15 is 0 Å². The number of anilines is 5. The Morgan fingerprint density at radius 1 is 0.312 bits per heavy atom. The van der Waals surface area contributed by atoms with Crippen LogP contribution in [0.4, 0.5) is 28.4 Å². The Labute approximate surface area is 467 Å². The molecule has 0 amide bonds. The lowest BCUT2D eigenvalue weighted by atomic mass is 9.83. The van der Waals surface area contributed by atoms with Crippen molar-refractivity contribution in [1.29, 1.82) is 0 Å². The summed E-state index contributed by atoms with van der Waals surface area (Å²) < 4.78 is 0. The minimum absolute atomic E-state index is 0.0784. The summed E-state index contributed by atoms with van der Waals surface area (Å²) in [5.41, 5.74) is 21.8. The van der Waals surface area contributed by atoms with Gasteiger partial charge in [0.1, 0.15) is 0 Å². The Morgan fingerprint density at radius 3 is 1.38 bits per heavy atom. The van der Waals surface area contributed by atoms with Crippen LogP contribution in [0, 0.1) is 0 Å². The van der Waals surface area contributed by atoms with Gasteiger partial charge in [0.05, 0.1) is 6.04 Å². The summed E-state index contributed by atoms with van der Waals surface area (Å²) in [7, 11) is 0. The summed E-state index contributed by atoms with van der Waals surface area (Å²) in [4.78, 5) is 4.94. The zero-order valence-electron chi connectivity index (χ0n) is 44.1. The molecule has 0 N–H and O–H groups in total. The molecule has 0 spiro atoms. The van der Waals surface area contributed by atoms with Gasteiger partial charge in [-0.1, -0.05) is 249 Å². The van der Waals surface area contributed by atoms with E-state index in [1.807, 2.05) is 0 Å². The highest BCUT2D eigenvalue weighted by Crippen LogP contribution is 2.52. The Balaban J connectivity index is 0.811. The Hall–Kier alpha value is -10.3. The molecule has 15 rings (SSSR count). The van der Waals surface area contributed by atoms with Gasteiger partial charge in [0, 0.05) is 34.4 Å². The van der Waals surface area contributed by atoms with Crippen LogP contribution < -0.4 is 9.80 Å². The van der Waals surface area contributed by atoms with Crippen LogP contribution in [0.25, 0.3) is 93.5 Å². The van der Waals surface area contributed by atoms with Crippen LogP contribution in [0.3, 0.4) is 0 Å². The van der Waals surface area contributed by atoms with E-state index in [0.29, 0.717) is 0 Å². The van der Waals surface area contributed by atoms with E-state index in [9.17, 15) is 0 Å².